The SMILES string of the molecule is CCN(C)C=Nc1cc(C)c(Cc2cccc(OC(F)(F)F)c2)cc1S(C)(=O)=O. The largest absolute Gasteiger partial charge is 0.573 e. The molecule has 5 nitrogen and oxygen atoms in total. The number of alkyl halides is 3. The molecule has 0 saturated heterocycles. The van der Waals surface area contributed by atoms with Crippen LogP contribution in [0.2, 0.25) is 0 Å². The van der Waals surface area contributed by atoms with E-state index in [1.807, 2.05) is 14.0 Å². The van der Waals surface area contributed by atoms with Gasteiger partial charge in [-0.2, -0.15) is 0 Å². The minimum absolute atomic E-state index is 0.0709. The summed E-state index contributed by atoms with van der Waals surface area (Å²) in [6.07, 6.45) is -1.87. The number of halogens is 3. The number of hydrogen-bond donors (Lipinski definition) is 0. The van der Waals surface area contributed by atoms with Crippen molar-refractivity contribution in [1.82, 2.24) is 4.90 Å². The van der Waals surface area contributed by atoms with Crippen LogP contribution in [-0.4, -0.2) is 45.9 Å². The summed E-state index contributed by atoms with van der Waals surface area (Å²) in [5.41, 5.74) is 2.35. The predicted octanol–water partition coefficient (Wildman–Crippen LogP) is 4.50. The Bertz CT molecular complexity index is 1000. The van der Waals surface area contributed by atoms with Gasteiger partial charge >= 0.3 is 6.36 Å². The number of aryl methyl sites for hydroxylation is 1. The molecule has 0 atom stereocenters. The molecule has 158 valence electrons. The quantitative estimate of drug-likeness (QED) is 0.481. The number of nitrogens with zero attached hydrogens (tertiary/aromatic N) is 2. The Morgan fingerprint density at radius 1 is 1.21 bits per heavy atom. The molecule has 2 rings (SSSR count). The normalized spacial score (nSPS) is 12.4. The van der Waals surface area contributed by atoms with E-state index in [0.29, 0.717) is 23.4 Å². The van der Waals surface area contributed by atoms with Crippen molar-refractivity contribution >= 4 is 21.9 Å². The molecule has 0 aliphatic rings. The van der Waals surface area contributed by atoms with E-state index < -0.39 is 16.2 Å². The number of hydrogen-bond acceptors (Lipinski definition) is 4. The topological polar surface area (TPSA) is 59.0 Å². The second-order valence-corrected chi connectivity index (χ2v) is 8.69. The average molecular weight is 428 g/mol. The van der Waals surface area contributed by atoms with E-state index in [1.54, 1.807) is 30.3 Å². The summed E-state index contributed by atoms with van der Waals surface area (Å²) >= 11 is 0. The first kappa shape index (κ1) is 22.7. The molecular formula is C20H23F3N2O3S. The van der Waals surface area contributed by atoms with Crippen molar-refractivity contribution in [3.63, 3.8) is 0 Å². The summed E-state index contributed by atoms with van der Waals surface area (Å²) in [6.45, 7) is 4.46. The molecule has 0 heterocycles. The lowest BCUT2D eigenvalue weighted by atomic mass is 10.00. The lowest BCUT2D eigenvalue weighted by molar-refractivity contribution is -0.274. The zero-order valence-corrected chi connectivity index (χ0v) is 17.4. The van der Waals surface area contributed by atoms with Crippen molar-refractivity contribution in [2.45, 2.75) is 31.5 Å². The van der Waals surface area contributed by atoms with Crippen LogP contribution in [0.5, 0.6) is 5.75 Å². The van der Waals surface area contributed by atoms with Gasteiger partial charge in [0, 0.05) is 19.8 Å². The number of rotatable bonds is 7. The molecule has 0 amide bonds. The number of aliphatic imine (C=N–C) groups is 1. The van der Waals surface area contributed by atoms with Crippen LogP contribution in [-0.2, 0) is 16.3 Å². The summed E-state index contributed by atoms with van der Waals surface area (Å²) in [4.78, 5) is 6.16. The predicted molar refractivity (Wildman–Crippen MR) is 107 cm³/mol. The summed E-state index contributed by atoms with van der Waals surface area (Å²) in [5.74, 6) is -0.320. The van der Waals surface area contributed by atoms with Crippen LogP contribution in [0.1, 0.15) is 23.6 Å². The third-order valence-corrected chi connectivity index (χ3v) is 5.36. The molecule has 2 aromatic rings. The smallest absolute Gasteiger partial charge is 0.406 e. The van der Waals surface area contributed by atoms with Gasteiger partial charge in [0.2, 0.25) is 0 Å². The van der Waals surface area contributed by atoms with Crippen molar-refractivity contribution in [2.24, 2.45) is 4.99 Å². The average Bonchev–Trinajstić information content (AvgIpc) is 2.59. The molecule has 0 N–H and O–H groups in total. The van der Waals surface area contributed by atoms with Crippen molar-refractivity contribution in [1.29, 1.82) is 0 Å². The Labute approximate surface area is 168 Å². The van der Waals surface area contributed by atoms with Crippen molar-refractivity contribution in [2.75, 3.05) is 19.8 Å². The number of benzene rings is 2. The Morgan fingerprint density at radius 2 is 1.90 bits per heavy atom. The van der Waals surface area contributed by atoms with E-state index in [9.17, 15) is 21.6 Å². The molecular weight excluding hydrogens is 405 g/mol. The first-order chi connectivity index (χ1) is 13.4. The van der Waals surface area contributed by atoms with E-state index in [2.05, 4.69) is 9.73 Å². The molecule has 0 unspecified atom stereocenters. The zero-order chi connectivity index (χ0) is 21.8. The van der Waals surface area contributed by atoms with E-state index in [4.69, 9.17) is 0 Å². The molecule has 0 spiro atoms. The molecule has 0 fully saturated rings. The zero-order valence-electron chi connectivity index (χ0n) is 16.6. The molecule has 9 heteroatoms. The standard InChI is InChI=1S/C20H23F3N2O3S/c1-5-25(3)13-24-18-9-14(2)16(12-19(18)29(4,26)27)10-15-7-6-8-17(11-15)28-20(21,22)23/h6-9,11-13H,5,10H2,1-4H3. The monoisotopic (exact) mass is 428 g/mol. The third kappa shape index (κ3) is 6.77. The van der Waals surface area contributed by atoms with Crippen LogP contribution in [0, 0.1) is 6.92 Å². The molecule has 0 aliphatic carbocycles. The lowest BCUT2D eigenvalue weighted by Crippen LogP contribution is -2.17. The summed E-state index contributed by atoms with van der Waals surface area (Å²) in [5, 5.41) is 0. The summed E-state index contributed by atoms with van der Waals surface area (Å²) in [6, 6.07) is 8.82. The second-order valence-electron chi connectivity index (χ2n) is 6.71. The van der Waals surface area contributed by atoms with Crippen molar-refractivity contribution in [3.8, 4) is 5.75 Å². The van der Waals surface area contributed by atoms with E-state index in [1.165, 1.54) is 24.3 Å². The van der Waals surface area contributed by atoms with Crippen molar-refractivity contribution < 1.29 is 26.3 Å². The van der Waals surface area contributed by atoms with Gasteiger partial charge in [0.15, 0.2) is 9.84 Å². The second kappa shape index (κ2) is 8.86. The van der Waals surface area contributed by atoms with Gasteiger partial charge in [-0.15, -0.1) is 13.2 Å². The molecule has 29 heavy (non-hydrogen) atoms. The van der Waals surface area contributed by atoms with E-state index in [-0.39, 0.29) is 17.1 Å². The number of sulfone groups is 1. The lowest BCUT2D eigenvalue weighted by Gasteiger charge is -2.14. The van der Waals surface area contributed by atoms with Gasteiger partial charge < -0.3 is 9.64 Å². The Morgan fingerprint density at radius 3 is 2.48 bits per heavy atom. The van der Waals surface area contributed by atoms with Crippen LogP contribution < -0.4 is 4.74 Å². The Kier molecular flexibility index (Phi) is 6.94. The Hall–Kier alpha value is -2.55. The fourth-order valence-electron chi connectivity index (χ4n) is 2.62. The first-order valence-electron chi connectivity index (χ1n) is 8.81. The van der Waals surface area contributed by atoms with Gasteiger partial charge in [0.1, 0.15) is 5.75 Å². The fourth-order valence-corrected chi connectivity index (χ4v) is 3.47. The molecule has 0 radical (unpaired) electrons. The van der Waals surface area contributed by atoms with Gasteiger partial charge in [-0.05, 0) is 61.2 Å². The summed E-state index contributed by atoms with van der Waals surface area (Å²) in [7, 11) is -1.74. The van der Waals surface area contributed by atoms with Gasteiger partial charge in [0.05, 0.1) is 16.9 Å². The van der Waals surface area contributed by atoms with Crippen LogP contribution in [0.15, 0.2) is 46.3 Å². The van der Waals surface area contributed by atoms with Gasteiger partial charge in [-0.1, -0.05) is 12.1 Å². The highest BCUT2D eigenvalue weighted by Crippen LogP contribution is 2.30. The van der Waals surface area contributed by atoms with Gasteiger partial charge in [-0.25, -0.2) is 13.4 Å². The maximum atomic E-state index is 12.4. The first-order valence-corrected chi connectivity index (χ1v) is 10.7. The van der Waals surface area contributed by atoms with Gasteiger partial charge in [0.25, 0.3) is 0 Å². The van der Waals surface area contributed by atoms with Crippen LogP contribution in [0.4, 0.5) is 18.9 Å². The molecule has 0 aromatic heterocycles. The highest BCUT2D eigenvalue weighted by molar-refractivity contribution is 7.90. The van der Waals surface area contributed by atoms with Crippen LogP contribution in [0.3, 0.4) is 0 Å². The molecule has 0 saturated carbocycles. The maximum absolute atomic E-state index is 12.4. The molecule has 0 bridgehead atoms. The van der Waals surface area contributed by atoms with Crippen LogP contribution in [0.25, 0.3) is 0 Å². The third-order valence-electron chi connectivity index (χ3n) is 4.24. The minimum Gasteiger partial charge on any atom is -0.406 e. The minimum atomic E-state index is -4.77. The fraction of sp³-hybridized carbons (Fsp3) is 0.350. The van der Waals surface area contributed by atoms with Gasteiger partial charge in [-0.3, -0.25) is 0 Å². The van der Waals surface area contributed by atoms with E-state index in [0.717, 1.165) is 11.8 Å². The van der Waals surface area contributed by atoms with E-state index >= 15 is 0 Å². The molecule has 2 aromatic carbocycles. The maximum Gasteiger partial charge on any atom is 0.573 e. The van der Waals surface area contributed by atoms with Crippen LogP contribution >= 0.6 is 0 Å². The highest BCUT2D eigenvalue weighted by Gasteiger charge is 2.31. The molecule has 0 aliphatic heterocycles. The number of ether oxygens (including phenoxy) is 1. The Balaban J connectivity index is 2.42. The van der Waals surface area contributed by atoms with Crippen molar-refractivity contribution in [3.05, 3.63) is 53.1 Å². The highest BCUT2D eigenvalue weighted by atomic mass is 32.2. The summed E-state index contributed by atoms with van der Waals surface area (Å²) < 4.78 is 65.8.